The quantitative estimate of drug-likeness (QED) is 0.917. The summed E-state index contributed by atoms with van der Waals surface area (Å²) in [7, 11) is 0. The number of nitrogens with one attached hydrogen (secondary N) is 1. The van der Waals surface area contributed by atoms with Crippen LogP contribution in [0.1, 0.15) is 37.8 Å². The van der Waals surface area contributed by atoms with Crippen molar-refractivity contribution in [2.45, 2.75) is 46.6 Å². The summed E-state index contributed by atoms with van der Waals surface area (Å²) < 4.78 is 5.87. The second-order valence-electron chi connectivity index (χ2n) is 6.36. The third kappa shape index (κ3) is 3.94. The highest BCUT2D eigenvalue weighted by molar-refractivity contribution is 5.62. The summed E-state index contributed by atoms with van der Waals surface area (Å²) in [6.07, 6.45) is 2.64. The lowest BCUT2D eigenvalue weighted by molar-refractivity contribution is 0.412. The van der Waals surface area contributed by atoms with E-state index in [1.165, 1.54) is 11.1 Å². The molecule has 2 aromatic rings. The molecule has 0 saturated carbocycles. The van der Waals surface area contributed by atoms with Gasteiger partial charge in [0, 0.05) is 24.1 Å². The molecule has 0 fully saturated rings. The van der Waals surface area contributed by atoms with E-state index in [9.17, 15) is 0 Å². The van der Waals surface area contributed by atoms with Gasteiger partial charge in [-0.1, -0.05) is 17.7 Å². The number of rotatable bonds is 4. The number of hydrogen-bond donors (Lipinski definition) is 1. The van der Waals surface area contributed by atoms with Crippen LogP contribution in [-0.4, -0.2) is 17.1 Å². The standard InChI is InChI=1S/C17H24N2O/c1-12-6-7-13(2)14(10-12)15-11-18-16(20-15)8-9-19-17(3,4)5/h6-7,10-11,19H,8-9H2,1-5H3. The SMILES string of the molecule is Cc1ccc(C)c(-c2cnc(CCNC(C)(C)C)o2)c1. The summed E-state index contributed by atoms with van der Waals surface area (Å²) in [5.41, 5.74) is 3.71. The van der Waals surface area contributed by atoms with Crippen molar-refractivity contribution in [3.63, 3.8) is 0 Å². The van der Waals surface area contributed by atoms with Gasteiger partial charge in [0.1, 0.15) is 0 Å². The zero-order chi connectivity index (χ0) is 14.8. The van der Waals surface area contributed by atoms with Crippen LogP contribution in [0, 0.1) is 13.8 Å². The molecule has 0 aliphatic heterocycles. The van der Waals surface area contributed by atoms with E-state index in [0.29, 0.717) is 0 Å². The molecule has 0 saturated heterocycles. The summed E-state index contributed by atoms with van der Waals surface area (Å²) in [5.74, 6) is 1.65. The molecule has 1 heterocycles. The first-order valence-corrected chi connectivity index (χ1v) is 7.12. The number of aromatic nitrogens is 1. The van der Waals surface area contributed by atoms with Gasteiger partial charge < -0.3 is 9.73 Å². The van der Waals surface area contributed by atoms with Crippen LogP contribution < -0.4 is 5.32 Å². The van der Waals surface area contributed by atoms with Gasteiger partial charge in [-0.05, 0) is 46.2 Å². The van der Waals surface area contributed by atoms with Crippen molar-refractivity contribution in [1.29, 1.82) is 0 Å². The maximum absolute atomic E-state index is 5.87. The monoisotopic (exact) mass is 272 g/mol. The Kier molecular flexibility index (Phi) is 4.29. The van der Waals surface area contributed by atoms with Crippen LogP contribution in [0.15, 0.2) is 28.8 Å². The normalized spacial score (nSPS) is 11.8. The van der Waals surface area contributed by atoms with Crippen molar-refractivity contribution in [1.82, 2.24) is 10.3 Å². The second kappa shape index (κ2) is 5.80. The molecular weight excluding hydrogens is 248 g/mol. The Bertz CT molecular complexity index is 579. The predicted octanol–water partition coefficient (Wildman–Crippen LogP) is 3.89. The highest BCUT2D eigenvalue weighted by Gasteiger charge is 2.11. The molecule has 0 unspecified atom stereocenters. The summed E-state index contributed by atoms with van der Waals surface area (Å²) >= 11 is 0. The lowest BCUT2D eigenvalue weighted by atomic mass is 10.0. The molecule has 2 rings (SSSR count). The van der Waals surface area contributed by atoms with Crippen LogP contribution in [0.3, 0.4) is 0 Å². The molecule has 0 aliphatic rings. The number of hydrogen-bond acceptors (Lipinski definition) is 3. The van der Waals surface area contributed by atoms with Crippen LogP contribution in [0.25, 0.3) is 11.3 Å². The molecule has 1 N–H and O–H groups in total. The fourth-order valence-corrected chi connectivity index (χ4v) is 2.10. The molecule has 1 aromatic heterocycles. The number of nitrogens with zero attached hydrogens (tertiary/aromatic N) is 1. The number of oxazole rings is 1. The molecule has 0 atom stereocenters. The van der Waals surface area contributed by atoms with E-state index in [2.05, 4.69) is 63.1 Å². The Morgan fingerprint density at radius 3 is 2.65 bits per heavy atom. The molecule has 108 valence electrons. The minimum absolute atomic E-state index is 0.128. The molecular formula is C17H24N2O. The van der Waals surface area contributed by atoms with Crippen molar-refractivity contribution < 1.29 is 4.42 Å². The third-order valence-corrected chi connectivity index (χ3v) is 3.21. The Labute approximate surface area is 121 Å². The van der Waals surface area contributed by atoms with Gasteiger partial charge in [0.25, 0.3) is 0 Å². The van der Waals surface area contributed by atoms with E-state index in [0.717, 1.165) is 30.2 Å². The number of aryl methyl sites for hydroxylation is 2. The summed E-state index contributed by atoms with van der Waals surface area (Å²) in [6, 6.07) is 6.38. The molecule has 0 amide bonds. The van der Waals surface area contributed by atoms with E-state index in [1.807, 2.05) is 6.20 Å². The predicted molar refractivity (Wildman–Crippen MR) is 82.9 cm³/mol. The van der Waals surface area contributed by atoms with Crippen LogP contribution in [-0.2, 0) is 6.42 Å². The average Bonchev–Trinajstić information content (AvgIpc) is 2.79. The van der Waals surface area contributed by atoms with E-state index in [-0.39, 0.29) is 5.54 Å². The Balaban J connectivity index is 2.07. The average molecular weight is 272 g/mol. The molecule has 1 aromatic carbocycles. The molecule has 0 spiro atoms. The van der Waals surface area contributed by atoms with Gasteiger partial charge in [-0.25, -0.2) is 4.98 Å². The smallest absolute Gasteiger partial charge is 0.196 e. The largest absolute Gasteiger partial charge is 0.441 e. The van der Waals surface area contributed by atoms with Gasteiger partial charge >= 0.3 is 0 Å². The van der Waals surface area contributed by atoms with E-state index < -0.39 is 0 Å². The van der Waals surface area contributed by atoms with Gasteiger partial charge in [0.2, 0.25) is 0 Å². The first-order valence-electron chi connectivity index (χ1n) is 7.12. The van der Waals surface area contributed by atoms with Crippen molar-refractivity contribution in [2.75, 3.05) is 6.54 Å². The third-order valence-electron chi connectivity index (χ3n) is 3.21. The minimum Gasteiger partial charge on any atom is -0.441 e. The van der Waals surface area contributed by atoms with Crippen LogP contribution in [0.2, 0.25) is 0 Å². The van der Waals surface area contributed by atoms with Crippen LogP contribution >= 0.6 is 0 Å². The molecule has 20 heavy (non-hydrogen) atoms. The van der Waals surface area contributed by atoms with E-state index >= 15 is 0 Å². The summed E-state index contributed by atoms with van der Waals surface area (Å²) in [4.78, 5) is 4.38. The van der Waals surface area contributed by atoms with Gasteiger partial charge in [-0.3, -0.25) is 0 Å². The zero-order valence-electron chi connectivity index (χ0n) is 13.1. The fourth-order valence-electron chi connectivity index (χ4n) is 2.10. The van der Waals surface area contributed by atoms with Gasteiger partial charge in [0.15, 0.2) is 11.7 Å². The van der Waals surface area contributed by atoms with E-state index in [4.69, 9.17) is 4.42 Å². The highest BCUT2D eigenvalue weighted by Crippen LogP contribution is 2.25. The minimum atomic E-state index is 0.128. The Hall–Kier alpha value is -1.61. The van der Waals surface area contributed by atoms with Crippen molar-refractivity contribution in [3.8, 4) is 11.3 Å². The van der Waals surface area contributed by atoms with Crippen LogP contribution in [0.5, 0.6) is 0 Å². The molecule has 3 nitrogen and oxygen atoms in total. The van der Waals surface area contributed by atoms with Crippen LogP contribution in [0.4, 0.5) is 0 Å². The molecule has 0 bridgehead atoms. The highest BCUT2D eigenvalue weighted by atomic mass is 16.4. The molecule has 3 heteroatoms. The first kappa shape index (κ1) is 14.8. The Morgan fingerprint density at radius 2 is 1.95 bits per heavy atom. The number of benzene rings is 1. The lowest BCUT2D eigenvalue weighted by Gasteiger charge is -2.19. The van der Waals surface area contributed by atoms with Gasteiger partial charge in [-0.2, -0.15) is 0 Å². The van der Waals surface area contributed by atoms with Crippen molar-refractivity contribution in [2.24, 2.45) is 0 Å². The topological polar surface area (TPSA) is 38.1 Å². The Morgan fingerprint density at radius 1 is 1.20 bits per heavy atom. The van der Waals surface area contributed by atoms with Gasteiger partial charge in [0.05, 0.1) is 6.20 Å². The maximum Gasteiger partial charge on any atom is 0.196 e. The lowest BCUT2D eigenvalue weighted by Crippen LogP contribution is -2.37. The van der Waals surface area contributed by atoms with Gasteiger partial charge in [-0.15, -0.1) is 0 Å². The van der Waals surface area contributed by atoms with Crippen molar-refractivity contribution in [3.05, 3.63) is 41.4 Å². The van der Waals surface area contributed by atoms with E-state index in [1.54, 1.807) is 0 Å². The molecule has 0 aliphatic carbocycles. The second-order valence-corrected chi connectivity index (χ2v) is 6.36. The zero-order valence-corrected chi connectivity index (χ0v) is 13.1. The fraction of sp³-hybridized carbons (Fsp3) is 0.471. The summed E-state index contributed by atoms with van der Waals surface area (Å²) in [5, 5.41) is 3.44. The van der Waals surface area contributed by atoms with Crippen molar-refractivity contribution >= 4 is 0 Å². The first-order chi connectivity index (χ1) is 9.35. The maximum atomic E-state index is 5.87. The summed E-state index contributed by atoms with van der Waals surface area (Å²) in [6.45, 7) is 11.5. The molecule has 0 radical (unpaired) electrons.